The standard InChI is InChI=1S/C28H28N2O6S/c1-4-35-28(2,3)11-12-29-27(37)30-16-5-8-19(22(13-16)26(33)34)25-20-9-6-17(31)14-23(20)36-24-15-18(32)7-10-21(24)25/h5-10,13-15,31H,4,11-12H2,1-3H3,(H,33,34)(H2,29,30,37). The first-order valence-corrected chi connectivity index (χ1v) is 12.2. The summed E-state index contributed by atoms with van der Waals surface area (Å²) in [5.41, 5.74) is 1.94. The molecular formula is C28H28N2O6S. The van der Waals surface area contributed by atoms with Crippen LogP contribution < -0.4 is 16.1 Å². The Bertz CT molecular complexity index is 1510. The molecular weight excluding hydrogens is 492 g/mol. The number of carboxylic acid groups (broad SMARTS) is 1. The van der Waals surface area contributed by atoms with E-state index in [1.165, 1.54) is 30.3 Å². The lowest BCUT2D eigenvalue weighted by molar-refractivity contribution is -0.0148. The van der Waals surface area contributed by atoms with Crippen molar-refractivity contribution in [3.63, 3.8) is 0 Å². The van der Waals surface area contributed by atoms with Gasteiger partial charge in [0.2, 0.25) is 0 Å². The predicted octanol–water partition coefficient (Wildman–Crippen LogP) is 5.46. The van der Waals surface area contributed by atoms with E-state index in [9.17, 15) is 19.8 Å². The number of rotatable bonds is 8. The molecule has 0 bridgehead atoms. The van der Waals surface area contributed by atoms with Crippen molar-refractivity contribution in [2.75, 3.05) is 18.5 Å². The molecule has 4 N–H and O–H groups in total. The van der Waals surface area contributed by atoms with Crippen LogP contribution in [0, 0.1) is 0 Å². The summed E-state index contributed by atoms with van der Waals surface area (Å²) in [6.07, 6.45) is 0.738. The molecule has 2 aromatic carbocycles. The van der Waals surface area contributed by atoms with Gasteiger partial charge < -0.3 is 30.0 Å². The van der Waals surface area contributed by atoms with Crippen LogP contribution in [-0.4, -0.2) is 40.0 Å². The zero-order chi connectivity index (χ0) is 26.7. The van der Waals surface area contributed by atoms with Gasteiger partial charge in [-0.15, -0.1) is 0 Å². The minimum Gasteiger partial charge on any atom is -0.508 e. The number of phenols is 1. The van der Waals surface area contributed by atoms with Gasteiger partial charge >= 0.3 is 5.97 Å². The number of fused-ring (bicyclic) bond motifs is 2. The Kier molecular flexibility index (Phi) is 7.47. The van der Waals surface area contributed by atoms with E-state index in [1.807, 2.05) is 20.8 Å². The number of benzene rings is 3. The molecule has 0 saturated heterocycles. The Balaban J connectivity index is 1.70. The van der Waals surface area contributed by atoms with E-state index in [0.717, 1.165) is 6.42 Å². The maximum Gasteiger partial charge on any atom is 0.336 e. The molecule has 0 unspecified atom stereocenters. The van der Waals surface area contributed by atoms with E-state index in [2.05, 4.69) is 10.6 Å². The smallest absolute Gasteiger partial charge is 0.336 e. The number of aromatic hydroxyl groups is 1. The van der Waals surface area contributed by atoms with Crippen molar-refractivity contribution in [3.05, 3.63) is 70.4 Å². The monoisotopic (exact) mass is 520 g/mol. The lowest BCUT2D eigenvalue weighted by atomic mass is 9.90. The predicted molar refractivity (Wildman–Crippen MR) is 148 cm³/mol. The van der Waals surface area contributed by atoms with Gasteiger partial charge in [-0.1, -0.05) is 6.07 Å². The summed E-state index contributed by atoms with van der Waals surface area (Å²) in [5.74, 6) is -0.847. The molecule has 0 fully saturated rings. The maximum atomic E-state index is 12.4. The average molecular weight is 521 g/mol. The molecule has 37 heavy (non-hydrogen) atoms. The number of thiocarbonyl (C=S) groups is 1. The third kappa shape index (κ3) is 5.90. The fraction of sp³-hybridized carbons (Fsp3) is 0.250. The second-order valence-electron chi connectivity index (χ2n) is 9.20. The first-order chi connectivity index (χ1) is 17.6. The van der Waals surface area contributed by atoms with Crippen molar-refractivity contribution in [3.8, 4) is 28.2 Å². The summed E-state index contributed by atoms with van der Waals surface area (Å²) < 4.78 is 11.6. The number of ether oxygens (including phenoxy) is 1. The summed E-state index contributed by atoms with van der Waals surface area (Å²) in [5, 5.41) is 27.2. The van der Waals surface area contributed by atoms with E-state index in [4.69, 9.17) is 21.4 Å². The van der Waals surface area contributed by atoms with E-state index >= 15 is 0 Å². The van der Waals surface area contributed by atoms with Crippen LogP contribution in [0.25, 0.3) is 33.4 Å². The molecule has 0 amide bonds. The minimum absolute atomic E-state index is 0.0107. The number of nitrogens with one attached hydrogen (secondary N) is 2. The van der Waals surface area contributed by atoms with Crippen molar-refractivity contribution >= 4 is 40.0 Å². The number of aromatic carboxylic acids is 1. The molecule has 0 aromatic heterocycles. The van der Waals surface area contributed by atoms with Crippen molar-refractivity contribution in [1.29, 1.82) is 0 Å². The van der Waals surface area contributed by atoms with Crippen LogP contribution in [0.4, 0.5) is 5.69 Å². The van der Waals surface area contributed by atoms with Gasteiger partial charge in [-0.25, -0.2) is 4.79 Å². The summed E-state index contributed by atoms with van der Waals surface area (Å²) in [7, 11) is 0. The lowest BCUT2D eigenvalue weighted by Crippen LogP contribution is -2.35. The molecule has 0 spiro atoms. The molecule has 2 aromatic rings. The van der Waals surface area contributed by atoms with Gasteiger partial charge in [-0.3, -0.25) is 4.79 Å². The highest BCUT2D eigenvalue weighted by Crippen LogP contribution is 2.42. The molecule has 192 valence electrons. The van der Waals surface area contributed by atoms with Crippen LogP contribution in [0.2, 0.25) is 0 Å². The normalized spacial score (nSPS) is 11.5. The van der Waals surface area contributed by atoms with E-state index in [1.54, 1.807) is 24.3 Å². The molecule has 2 aliphatic rings. The Morgan fingerprint density at radius 3 is 2.57 bits per heavy atom. The quantitative estimate of drug-likeness (QED) is 0.177. The Labute approximate surface area is 219 Å². The SMILES string of the molecule is CCOC(C)(C)CCNC(=S)Nc1ccc(-c2c3ccc(=O)cc-3oc3cc(O)ccc23)c(C(=O)O)c1. The third-order valence-corrected chi connectivity index (χ3v) is 6.25. The number of hydrogen-bond acceptors (Lipinski definition) is 6. The first-order valence-electron chi connectivity index (χ1n) is 11.8. The van der Waals surface area contributed by atoms with E-state index < -0.39 is 5.97 Å². The van der Waals surface area contributed by atoms with Gasteiger partial charge in [0.25, 0.3) is 0 Å². The molecule has 1 aliphatic heterocycles. The zero-order valence-corrected chi connectivity index (χ0v) is 21.6. The zero-order valence-electron chi connectivity index (χ0n) is 20.8. The van der Waals surface area contributed by atoms with Crippen molar-refractivity contribution in [2.24, 2.45) is 0 Å². The average Bonchev–Trinajstić information content (AvgIpc) is 2.82. The molecule has 0 radical (unpaired) electrons. The maximum absolute atomic E-state index is 12.4. The Morgan fingerprint density at radius 1 is 1.08 bits per heavy atom. The van der Waals surface area contributed by atoms with Crippen LogP contribution in [0.15, 0.2) is 63.8 Å². The molecule has 0 atom stereocenters. The van der Waals surface area contributed by atoms with Crippen LogP contribution >= 0.6 is 12.2 Å². The number of anilines is 1. The minimum atomic E-state index is -1.13. The summed E-state index contributed by atoms with van der Waals surface area (Å²) in [6, 6.07) is 13.9. The fourth-order valence-corrected chi connectivity index (χ4v) is 4.50. The van der Waals surface area contributed by atoms with Gasteiger partial charge in [-0.05, 0) is 81.4 Å². The largest absolute Gasteiger partial charge is 0.508 e. The number of phenolic OH excluding ortho intramolecular Hbond substituents is 1. The van der Waals surface area contributed by atoms with Crippen LogP contribution in [0.1, 0.15) is 37.6 Å². The summed E-state index contributed by atoms with van der Waals surface area (Å²) in [6.45, 7) is 7.18. The second kappa shape index (κ2) is 10.6. The second-order valence-corrected chi connectivity index (χ2v) is 9.61. The van der Waals surface area contributed by atoms with Gasteiger partial charge in [-0.2, -0.15) is 0 Å². The molecule has 9 heteroatoms. The van der Waals surface area contributed by atoms with Crippen molar-refractivity contribution < 1.29 is 24.2 Å². The molecule has 8 nitrogen and oxygen atoms in total. The van der Waals surface area contributed by atoms with Crippen molar-refractivity contribution in [2.45, 2.75) is 32.8 Å². The van der Waals surface area contributed by atoms with E-state index in [-0.39, 0.29) is 22.3 Å². The molecule has 4 rings (SSSR count). The third-order valence-electron chi connectivity index (χ3n) is 6.00. The highest BCUT2D eigenvalue weighted by Gasteiger charge is 2.22. The Hall–Kier alpha value is -3.95. The summed E-state index contributed by atoms with van der Waals surface area (Å²) >= 11 is 5.40. The number of carboxylic acids is 1. The lowest BCUT2D eigenvalue weighted by Gasteiger charge is -2.25. The van der Waals surface area contributed by atoms with Gasteiger partial charge in [0, 0.05) is 47.5 Å². The van der Waals surface area contributed by atoms with Gasteiger partial charge in [0.1, 0.15) is 17.1 Å². The highest BCUT2D eigenvalue weighted by atomic mass is 32.1. The first kappa shape index (κ1) is 26.1. The number of hydrogen-bond donors (Lipinski definition) is 4. The van der Waals surface area contributed by atoms with Gasteiger partial charge in [0.15, 0.2) is 10.5 Å². The van der Waals surface area contributed by atoms with E-state index in [0.29, 0.717) is 57.4 Å². The molecule has 1 aliphatic carbocycles. The van der Waals surface area contributed by atoms with Gasteiger partial charge in [0.05, 0.1) is 11.2 Å². The summed E-state index contributed by atoms with van der Waals surface area (Å²) in [4.78, 5) is 24.3. The topological polar surface area (TPSA) is 121 Å². The number of carbonyl (C=O) groups is 1. The molecule has 1 heterocycles. The van der Waals surface area contributed by atoms with Crippen LogP contribution in [0.5, 0.6) is 5.75 Å². The Morgan fingerprint density at radius 2 is 1.84 bits per heavy atom. The fourth-order valence-electron chi connectivity index (χ4n) is 4.28. The highest BCUT2D eigenvalue weighted by molar-refractivity contribution is 7.80. The van der Waals surface area contributed by atoms with Crippen molar-refractivity contribution in [1.82, 2.24) is 5.32 Å². The molecule has 0 saturated carbocycles. The van der Waals surface area contributed by atoms with Crippen LogP contribution in [0.3, 0.4) is 0 Å². The van der Waals surface area contributed by atoms with Crippen LogP contribution in [-0.2, 0) is 4.74 Å².